The Labute approximate surface area is 97.1 Å². The van der Waals surface area contributed by atoms with Crippen molar-refractivity contribution in [2.75, 3.05) is 31.7 Å². The molecule has 0 amide bonds. The number of ether oxygens (including phenoxy) is 2. The van der Waals surface area contributed by atoms with E-state index in [-0.39, 0.29) is 6.04 Å². The minimum absolute atomic E-state index is 0.165. The van der Waals surface area contributed by atoms with Gasteiger partial charge in [0.15, 0.2) is 0 Å². The van der Waals surface area contributed by atoms with Crippen molar-refractivity contribution in [3.05, 3.63) is 22.8 Å². The molecule has 1 saturated heterocycles. The predicted molar refractivity (Wildman–Crippen MR) is 61.0 cm³/mol. The van der Waals surface area contributed by atoms with Crippen molar-refractivity contribution in [3.8, 4) is 0 Å². The molecule has 0 unspecified atom stereocenters. The first-order valence-corrected chi connectivity index (χ1v) is 5.68. The lowest BCUT2D eigenvalue weighted by Crippen LogP contribution is -2.28. The fraction of sp³-hybridized carbons (Fsp3) is 0.500. The molecule has 1 aliphatic heterocycles. The van der Waals surface area contributed by atoms with Crippen LogP contribution in [0.15, 0.2) is 22.8 Å². The molecule has 0 bridgehead atoms. The first-order chi connectivity index (χ1) is 7.36. The fourth-order valence-corrected chi connectivity index (χ4v) is 1.76. The molecule has 5 heteroatoms. The second kappa shape index (κ2) is 5.44. The smallest absolute Gasteiger partial charge is 0.140 e. The number of pyridine rings is 1. The second-order valence-corrected chi connectivity index (χ2v) is 4.18. The Morgan fingerprint density at radius 2 is 2.07 bits per heavy atom. The molecule has 1 N–H and O–H groups in total. The zero-order valence-electron chi connectivity index (χ0n) is 8.28. The van der Waals surface area contributed by atoms with Gasteiger partial charge in [-0.2, -0.15) is 0 Å². The van der Waals surface area contributed by atoms with Crippen LogP contribution >= 0.6 is 15.9 Å². The van der Waals surface area contributed by atoms with Gasteiger partial charge in [0.1, 0.15) is 5.82 Å². The Bertz CT molecular complexity index is 314. The molecule has 2 rings (SSSR count). The Morgan fingerprint density at radius 1 is 1.33 bits per heavy atom. The Balaban J connectivity index is 1.98. The van der Waals surface area contributed by atoms with E-state index in [1.807, 2.05) is 12.1 Å². The number of nitrogens with one attached hydrogen (secondary N) is 1. The van der Waals surface area contributed by atoms with Crippen LogP contribution in [0.25, 0.3) is 0 Å². The number of rotatable bonds is 2. The lowest BCUT2D eigenvalue weighted by molar-refractivity contribution is 0.103. The van der Waals surface area contributed by atoms with Crippen LogP contribution in [0.5, 0.6) is 0 Å². The summed E-state index contributed by atoms with van der Waals surface area (Å²) in [4.78, 5) is 4.23. The van der Waals surface area contributed by atoms with Crippen molar-refractivity contribution >= 4 is 21.7 Å². The van der Waals surface area contributed by atoms with Gasteiger partial charge in [-0.25, -0.2) is 4.98 Å². The SMILES string of the molecule is Brc1cccnc1NC1COCCOC1. The molecule has 15 heavy (non-hydrogen) atoms. The van der Waals surface area contributed by atoms with E-state index >= 15 is 0 Å². The highest BCUT2D eigenvalue weighted by Gasteiger charge is 2.14. The Kier molecular flexibility index (Phi) is 3.94. The summed E-state index contributed by atoms with van der Waals surface area (Å²) < 4.78 is 11.7. The average molecular weight is 273 g/mol. The van der Waals surface area contributed by atoms with Crippen molar-refractivity contribution in [2.45, 2.75) is 6.04 Å². The highest BCUT2D eigenvalue weighted by Crippen LogP contribution is 2.19. The maximum atomic E-state index is 5.39. The molecule has 0 spiro atoms. The lowest BCUT2D eigenvalue weighted by atomic mass is 10.3. The average Bonchev–Trinajstić information content (AvgIpc) is 2.50. The summed E-state index contributed by atoms with van der Waals surface area (Å²) in [6.07, 6.45) is 1.76. The number of hydrogen-bond donors (Lipinski definition) is 1. The van der Waals surface area contributed by atoms with E-state index < -0.39 is 0 Å². The van der Waals surface area contributed by atoms with Gasteiger partial charge in [-0.3, -0.25) is 0 Å². The van der Waals surface area contributed by atoms with Crippen molar-refractivity contribution in [3.63, 3.8) is 0 Å². The summed E-state index contributed by atoms with van der Waals surface area (Å²) in [5.74, 6) is 0.830. The quantitative estimate of drug-likeness (QED) is 0.890. The molecular formula is C10H13BrN2O2. The van der Waals surface area contributed by atoms with Gasteiger partial charge in [0.2, 0.25) is 0 Å². The molecule has 0 aliphatic carbocycles. The highest BCUT2D eigenvalue weighted by molar-refractivity contribution is 9.10. The molecule has 1 fully saturated rings. The summed E-state index contributed by atoms with van der Waals surface area (Å²) in [5, 5.41) is 3.28. The number of hydrogen-bond acceptors (Lipinski definition) is 4. The first-order valence-electron chi connectivity index (χ1n) is 4.89. The summed E-state index contributed by atoms with van der Waals surface area (Å²) in [7, 11) is 0. The zero-order valence-corrected chi connectivity index (χ0v) is 9.87. The van der Waals surface area contributed by atoms with Gasteiger partial charge in [0.25, 0.3) is 0 Å². The zero-order chi connectivity index (χ0) is 10.5. The van der Waals surface area contributed by atoms with Crippen LogP contribution in [0.2, 0.25) is 0 Å². The van der Waals surface area contributed by atoms with Gasteiger partial charge in [0.05, 0.1) is 36.9 Å². The maximum Gasteiger partial charge on any atom is 0.140 e. The number of anilines is 1. The van der Waals surface area contributed by atoms with Crippen molar-refractivity contribution < 1.29 is 9.47 Å². The molecular weight excluding hydrogens is 260 g/mol. The standard InChI is InChI=1S/C10H13BrN2O2/c11-9-2-1-3-12-10(9)13-8-6-14-4-5-15-7-8/h1-3,8H,4-7H2,(H,12,13). The van der Waals surface area contributed by atoms with Crippen LogP contribution in [0.4, 0.5) is 5.82 Å². The Morgan fingerprint density at radius 3 is 2.73 bits per heavy atom. The third-order valence-electron chi connectivity index (χ3n) is 2.11. The van der Waals surface area contributed by atoms with E-state index in [9.17, 15) is 0 Å². The van der Waals surface area contributed by atoms with Crippen LogP contribution in [0.1, 0.15) is 0 Å². The van der Waals surface area contributed by atoms with Crippen molar-refractivity contribution in [1.82, 2.24) is 4.98 Å². The van der Waals surface area contributed by atoms with E-state index in [2.05, 4.69) is 26.2 Å². The normalized spacial score (nSPS) is 18.5. The maximum absolute atomic E-state index is 5.39. The molecule has 1 aliphatic rings. The molecule has 1 aromatic rings. The minimum atomic E-state index is 0.165. The van der Waals surface area contributed by atoms with Gasteiger partial charge >= 0.3 is 0 Å². The third kappa shape index (κ3) is 3.15. The number of aromatic nitrogens is 1. The van der Waals surface area contributed by atoms with E-state index in [0.29, 0.717) is 26.4 Å². The first kappa shape index (κ1) is 10.9. The molecule has 0 aromatic carbocycles. The third-order valence-corrected chi connectivity index (χ3v) is 2.75. The largest absolute Gasteiger partial charge is 0.377 e. The molecule has 82 valence electrons. The van der Waals surface area contributed by atoms with Gasteiger partial charge in [-0.1, -0.05) is 0 Å². The summed E-state index contributed by atoms with van der Waals surface area (Å²) in [6.45, 7) is 2.65. The van der Waals surface area contributed by atoms with Crippen LogP contribution in [0.3, 0.4) is 0 Å². The summed E-state index contributed by atoms with van der Waals surface area (Å²) >= 11 is 3.44. The molecule has 2 heterocycles. The predicted octanol–water partition coefficient (Wildman–Crippen LogP) is 1.67. The van der Waals surface area contributed by atoms with E-state index in [1.54, 1.807) is 6.20 Å². The lowest BCUT2D eigenvalue weighted by Gasteiger charge is -2.16. The summed E-state index contributed by atoms with van der Waals surface area (Å²) in [5.41, 5.74) is 0. The monoisotopic (exact) mass is 272 g/mol. The molecule has 0 radical (unpaired) electrons. The van der Waals surface area contributed by atoms with E-state index in [1.165, 1.54) is 0 Å². The molecule has 1 aromatic heterocycles. The van der Waals surface area contributed by atoms with Crippen LogP contribution in [-0.2, 0) is 9.47 Å². The highest BCUT2D eigenvalue weighted by atomic mass is 79.9. The van der Waals surface area contributed by atoms with Gasteiger partial charge < -0.3 is 14.8 Å². The summed E-state index contributed by atoms with van der Waals surface area (Å²) in [6, 6.07) is 4.00. The van der Waals surface area contributed by atoms with E-state index in [4.69, 9.17) is 9.47 Å². The number of halogens is 1. The van der Waals surface area contributed by atoms with Crippen molar-refractivity contribution in [1.29, 1.82) is 0 Å². The minimum Gasteiger partial charge on any atom is -0.377 e. The van der Waals surface area contributed by atoms with Crippen molar-refractivity contribution in [2.24, 2.45) is 0 Å². The molecule has 0 saturated carbocycles. The Hall–Kier alpha value is -0.650. The fourth-order valence-electron chi connectivity index (χ4n) is 1.39. The van der Waals surface area contributed by atoms with Gasteiger partial charge in [0, 0.05) is 6.20 Å². The van der Waals surface area contributed by atoms with Crippen LogP contribution in [-0.4, -0.2) is 37.5 Å². The molecule has 0 atom stereocenters. The van der Waals surface area contributed by atoms with Gasteiger partial charge in [-0.05, 0) is 28.1 Å². The molecule has 4 nitrogen and oxygen atoms in total. The topological polar surface area (TPSA) is 43.4 Å². The van der Waals surface area contributed by atoms with Gasteiger partial charge in [-0.15, -0.1) is 0 Å². The van der Waals surface area contributed by atoms with E-state index in [0.717, 1.165) is 10.3 Å². The van der Waals surface area contributed by atoms with Crippen LogP contribution < -0.4 is 5.32 Å². The van der Waals surface area contributed by atoms with Crippen LogP contribution in [0, 0.1) is 0 Å². The second-order valence-electron chi connectivity index (χ2n) is 3.32. The number of nitrogens with zero attached hydrogens (tertiary/aromatic N) is 1.